The third-order valence-corrected chi connectivity index (χ3v) is 7.10. The first-order valence-corrected chi connectivity index (χ1v) is 11.6. The third-order valence-electron chi connectivity index (χ3n) is 5.24. The van der Waals surface area contributed by atoms with E-state index in [0.29, 0.717) is 19.5 Å². The van der Waals surface area contributed by atoms with Gasteiger partial charge in [0.05, 0.1) is 11.4 Å². The van der Waals surface area contributed by atoms with E-state index in [-0.39, 0.29) is 23.9 Å². The Morgan fingerprint density at radius 3 is 2.28 bits per heavy atom. The van der Waals surface area contributed by atoms with Crippen LogP contribution in [0.4, 0.5) is 0 Å². The lowest BCUT2D eigenvalue weighted by Crippen LogP contribution is -2.50. The summed E-state index contributed by atoms with van der Waals surface area (Å²) in [6.45, 7) is 4.85. The second kappa shape index (κ2) is 10.0. The Morgan fingerprint density at radius 1 is 1.00 bits per heavy atom. The van der Waals surface area contributed by atoms with E-state index >= 15 is 0 Å². The van der Waals surface area contributed by atoms with Gasteiger partial charge in [-0.15, -0.1) is 0 Å². The highest BCUT2D eigenvalue weighted by atomic mass is 32.2. The average Bonchev–Trinajstić information content (AvgIpc) is 2.77. The maximum absolute atomic E-state index is 13.3. The molecule has 0 saturated carbocycles. The van der Waals surface area contributed by atoms with Gasteiger partial charge in [0.2, 0.25) is 15.9 Å². The number of benzene rings is 2. The fraction of sp³-hybridized carbons (Fsp3) is 0.409. The predicted molar refractivity (Wildman–Crippen MR) is 114 cm³/mol. The van der Waals surface area contributed by atoms with Crippen LogP contribution in [0.15, 0.2) is 59.5 Å². The summed E-state index contributed by atoms with van der Waals surface area (Å²) in [5.74, 6) is -0.145. The Morgan fingerprint density at radius 2 is 1.66 bits per heavy atom. The zero-order chi connectivity index (χ0) is 20.7. The molecule has 29 heavy (non-hydrogen) atoms. The van der Waals surface area contributed by atoms with Gasteiger partial charge >= 0.3 is 0 Å². The van der Waals surface area contributed by atoms with Gasteiger partial charge in [0.15, 0.2) is 0 Å². The van der Waals surface area contributed by atoms with Crippen molar-refractivity contribution in [3.05, 3.63) is 65.7 Å². The van der Waals surface area contributed by atoms with Gasteiger partial charge in [-0.2, -0.15) is 4.31 Å². The van der Waals surface area contributed by atoms with Crippen LogP contribution in [0.1, 0.15) is 18.1 Å². The number of carbonyl (C=O) groups excluding carboxylic acids is 1. The van der Waals surface area contributed by atoms with Crippen molar-refractivity contribution in [2.24, 2.45) is 0 Å². The molecule has 0 atom stereocenters. The summed E-state index contributed by atoms with van der Waals surface area (Å²) >= 11 is 0. The highest BCUT2D eigenvalue weighted by Gasteiger charge is 2.28. The molecule has 0 spiro atoms. The number of rotatable bonds is 8. The van der Waals surface area contributed by atoms with Crippen LogP contribution in [0.5, 0.6) is 0 Å². The molecule has 1 aliphatic rings. The summed E-state index contributed by atoms with van der Waals surface area (Å²) in [4.78, 5) is 14.8. The molecule has 1 aliphatic heterocycles. The van der Waals surface area contributed by atoms with E-state index in [2.05, 4.69) is 5.32 Å². The Kier molecular flexibility index (Phi) is 7.41. The van der Waals surface area contributed by atoms with Crippen LogP contribution in [0.25, 0.3) is 0 Å². The highest BCUT2D eigenvalue weighted by molar-refractivity contribution is 7.89. The minimum absolute atomic E-state index is 0.134. The molecule has 1 amide bonds. The van der Waals surface area contributed by atoms with Crippen LogP contribution in [0.3, 0.4) is 0 Å². The largest absolute Gasteiger partial charge is 0.339 e. The number of nitrogens with one attached hydrogen (secondary N) is 1. The quantitative estimate of drug-likeness (QED) is 0.715. The third kappa shape index (κ3) is 5.65. The van der Waals surface area contributed by atoms with Crippen molar-refractivity contribution in [1.82, 2.24) is 14.5 Å². The number of aryl methyl sites for hydroxylation is 1. The molecule has 2 aromatic rings. The van der Waals surface area contributed by atoms with Gasteiger partial charge in [0.1, 0.15) is 0 Å². The summed E-state index contributed by atoms with van der Waals surface area (Å²) < 4.78 is 28.0. The molecule has 156 valence electrons. The van der Waals surface area contributed by atoms with Crippen LogP contribution >= 0.6 is 0 Å². The average molecular weight is 416 g/mol. The molecule has 0 bridgehead atoms. The minimum Gasteiger partial charge on any atom is -0.339 e. The molecule has 1 heterocycles. The number of hydrogen-bond donors (Lipinski definition) is 1. The number of sulfonamides is 1. The Labute approximate surface area is 173 Å². The van der Waals surface area contributed by atoms with Crippen LogP contribution in [-0.4, -0.2) is 62.8 Å². The van der Waals surface area contributed by atoms with E-state index in [1.165, 1.54) is 4.31 Å². The van der Waals surface area contributed by atoms with E-state index in [4.69, 9.17) is 0 Å². The van der Waals surface area contributed by atoms with Gasteiger partial charge in [-0.3, -0.25) is 4.79 Å². The van der Waals surface area contributed by atoms with Gasteiger partial charge in [0.25, 0.3) is 0 Å². The molecule has 0 radical (unpaired) electrons. The van der Waals surface area contributed by atoms with E-state index in [0.717, 1.165) is 30.6 Å². The Bertz CT molecular complexity index is 893. The SMILES string of the molecule is CCc1ccc(S(=O)(=O)N(CCc2ccccc2)CC(=O)N2CCNCC2)cc1. The first-order chi connectivity index (χ1) is 14.0. The van der Waals surface area contributed by atoms with Gasteiger partial charge in [-0.05, 0) is 36.1 Å². The molecular formula is C22H29N3O3S. The Hall–Kier alpha value is -2.22. The lowest BCUT2D eigenvalue weighted by molar-refractivity contribution is -0.131. The summed E-state index contributed by atoms with van der Waals surface area (Å²) in [5.41, 5.74) is 2.13. The molecule has 1 fully saturated rings. The van der Waals surface area contributed by atoms with Gasteiger partial charge < -0.3 is 10.2 Å². The lowest BCUT2D eigenvalue weighted by atomic mass is 10.1. The highest BCUT2D eigenvalue weighted by Crippen LogP contribution is 2.18. The van der Waals surface area contributed by atoms with Crippen molar-refractivity contribution in [2.45, 2.75) is 24.7 Å². The standard InChI is InChI=1S/C22H29N3O3S/c1-2-19-8-10-21(11-9-19)29(27,28)25(15-12-20-6-4-3-5-7-20)18-22(26)24-16-13-23-14-17-24/h3-11,23H,2,12-18H2,1H3. The van der Waals surface area contributed by atoms with Crippen LogP contribution < -0.4 is 5.32 Å². The summed E-state index contributed by atoms with van der Waals surface area (Å²) in [6, 6.07) is 16.7. The molecule has 0 aromatic heterocycles. The lowest BCUT2D eigenvalue weighted by Gasteiger charge is -2.30. The summed E-state index contributed by atoms with van der Waals surface area (Å²) in [7, 11) is -3.76. The van der Waals surface area contributed by atoms with E-state index in [1.54, 1.807) is 17.0 Å². The van der Waals surface area contributed by atoms with Crippen molar-refractivity contribution in [3.8, 4) is 0 Å². The number of amides is 1. The molecule has 0 aliphatic carbocycles. The number of nitrogens with zero attached hydrogens (tertiary/aromatic N) is 2. The molecule has 1 saturated heterocycles. The number of hydrogen-bond acceptors (Lipinski definition) is 4. The zero-order valence-corrected chi connectivity index (χ0v) is 17.7. The van der Waals surface area contributed by atoms with Crippen LogP contribution in [-0.2, 0) is 27.7 Å². The number of carbonyl (C=O) groups is 1. The van der Waals surface area contributed by atoms with E-state index in [9.17, 15) is 13.2 Å². The summed E-state index contributed by atoms with van der Waals surface area (Å²) in [6.07, 6.45) is 1.40. The minimum atomic E-state index is -3.76. The van der Waals surface area contributed by atoms with Crippen LogP contribution in [0.2, 0.25) is 0 Å². The van der Waals surface area contributed by atoms with E-state index in [1.807, 2.05) is 49.4 Å². The molecular weight excluding hydrogens is 386 g/mol. The molecule has 2 aromatic carbocycles. The maximum Gasteiger partial charge on any atom is 0.243 e. The first kappa shape index (κ1) is 21.5. The van der Waals surface area contributed by atoms with E-state index < -0.39 is 10.0 Å². The number of piperazine rings is 1. The van der Waals surface area contributed by atoms with Crippen LogP contribution in [0, 0.1) is 0 Å². The topological polar surface area (TPSA) is 69.7 Å². The second-order valence-corrected chi connectivity index (χ2v) is 9.14. The fourth-order valence-corrected chi connectivity index (χ4v) is 4.78. The van der Waals surface area contributed by atoms with Crippen molar-refractivity contribution in [1.29, 1.82) is 0 Å². The molecule has 6 nitrogen and oxygen atoms in total. The van der Waals surface area contributed by atoms with Gasteiger partial charge in [0, 0.05) is 32.7 Å². The van der Waals surface area contributed by atoms with Crippen molar-refractivity contribution in [2.75, 3.05) is 39.3 Å². The van der Waals surface area contributed by atoms with Crippen molar-refractivity contribution < 1.29 is 13.2 Å². The molecule has 3 rings (SSSR count). The fourth-order valence-electron chi connectivity index (χ4n) is 3.39. The van der Waals surface area contributed by atoms with Gasteiger partial charge in [-0.1, -0.05) is 49.4 Å². The monoisotopic (exact) mass is 415 g/mol. The molecule has 1 N–H and O–H groups in total. The van der Waals surface area contributed by atoms with Crippen molar-refractivity contribution >= 4 is 15.9 Å². The summed E-state index contributed by atoms with van der Waals surface area (Å²) in [5, 5.41) is 3.21. The normalized spacial score (nSPS) is 14.9. The molecule has 7 heteroatoms. The molecule has 0 unspecified atom stereocenters. The zero-order valence-electron chi connectivity index (χ0n) is 16.9. The first-order valence-electron chi connectivity index (χ1n) is 10.1. The maximum atomic E-state index is 13.3. The smallest absolute Gasteiger partial charge is 0.243 e. The predicted octanol–water partition coefficient (Wildman–Crippen LogP) is 1.91. The second-order valence-electron chi connectivity index (χ2n) is 7.20. The van der Waals surface area contributed by atoms with Gasteiger partial charge in [-0.25, -0.2) is 8.42 Å². The van der Waals surface area contributed by atoms with Crippen molar-refractivity contribution in [3.63, 3.8) is 0 Å². The Balaban J connectivity index is 1.80.